The highest BCUT2D eigenvalue weighted by Crippen LogP contribution is 2.31. The number of amides is 3. The third-order valence-corrected chi connectivity index (χ3v) is 8.37. The number of rotatable bonds is 10. The third-order valence-electron chi connectivity index (χ3n) is 7.17. The van der Waals surface area contributed by atoms with Crippen molar-refractivity contribution in [1.82, 2.24) is 10.3 Å². The van der Waals surface area contributed by atoms with Crippen molar-refractivity contribution in [3.8, 4) is 0 Å². The van der Waals surface area contributed by atoms with Gasteiger partial charge in [-0.25, -0.2) is 23.0 Å². The van der Waals surface area contributed by atoms with Crippen LogP contribution in [-0.4, -0.2) is 49.0 Å². The van der Waals surface area contributed by atoms with Gasteiger partial charge in [-0.05, 0) is 100 Å². The van der Waals surface area contributed by atoms with Gasteiger partial charge in [0.25, 0.3) is 0 Å². The molecule has 3 aromatic carbocycles. The van der Waals surface area contributed by atoms with Gasteiger partial charge < -0.3 is 20.1 Å². The summed E-state index contributed by atoms with van der Waals surface area (Å²) in [4.78, 5) is 45.9. The molecule has 11 nitrogen and oxygen atoms in total. The second-order valence-corrected chi connectivity index (χ2v) is 15.8. The molecule has 4 rings (SSSR count). The van der Waals surface area contributed by atoms with Crippen LogP contribution in [0.15, 0.2) is 96.5 Å². The van der Waals surface area contributed by atoms with Crippen LogP contribution < -0.4 is 15.5 Å². The summed E-state index contributed by atoms with van der Waals surface area (Å²) in [6.07, 6.45) is 3.08. The fourth-order valence-corrected chi connectivity index (χ4v) is 6.06. The van der Waals surface area contributed by atoms with Gasteiger partial charge in [-0.15, -0.1) is 6.58 Å². The number of ether oxygens (including phenoxy) is 2. The Hall–Kier alpha value is -5.23. The van der Waals surface area contributed by atoms with Crippen molar-refractivity contribution in [3.05, 3.63) is 108 Å². The highest BCUT2D eigenvalue weighted by atomic mass is 32.2. The van der Waals surface area contributed by atoms with E-state index in [1.807, 2.05) is 24.3 Å². The summed E-state index contributed by atoms with van der Waals surface area (Å²) in [6, 6.07) is 20.1. The van der Waals surface area contributed by atoms with E-state index in [-0.39, 0.29) is 23.2 Å². The highest BCUT2D eigenvalue weighted by molar-refractivity contribution is 7.90. The number of anilines is 2. The van der Waals surface area contributed by atoms with E-state index in [0.29, 0.717) is 34.0 Å². The maximum absolute atomic E-state index is 13.9. The first kappa shape index (κ1) is 37.6. The SMILES string of the molecule is C=CCc1cccc(C(Nc2ccc3c(N(C(=O)OC(C)(C)C)C(=O)OC(C)(C)C)nccc3c2)C(=O)NCc2ccccc2S(C)(=O)=O)c1. The van der Waals surface area contributed by atoms with Crippen molar-refractivity contribution >= 4 is 50.2 Å². The average molecular weight is 701 g/mol. The van der Waals surface area contributed by atoms with E-state index in [9.17, 15) is 22.8 Å². The first-order valence-corrected chi connectivity index (χ1v) is 17.9. The lowest BCUT2D eigenvalue weighted by atomic mass is 10.0. The molecule has 0 saturated heterocycles. The van der Waals surface area contributed by atoms with Gasteiger partial charge in [-0.3, -0.25) is 4.79 Å². The molecular formula is C38H44N4O7S. The van der Waals surface area contributed by atoms with Crippen LogP contribution in [0, 0.1) is 0 Å². The summed E-state index contributed by atoms with van der Waals surface area (Å²) in [5.41, 5.74) is 0.858. The predicted molar refractivity (Wildman–Crippen MR) is 195 cm³/mol. The van der Waals surface area contributed by atoms with E-state index in [0.717, 1.165) is 16.7 Å². The molecule has 1 heterocycles. The van der Waals surface area contributed by atoms with Gasteiger partial charge in [-0.2, -0.15) is 4.90 Å². The van der Waals surface area contributed by atoms with Crippen molar-refractivity contribution in [2.45, 2.75) is 76.6 Å². The summed E-state index contributed by atoms with van der Waals surface area (Å²) in [6.45, 7) is 14.0. The number of benzene rings is 3. The fraction of sp³-hybridized carbons (Fsp3) is 0.316. The number of aromatic nitrogens is 1. The van der Waals surface area contributed by atoms with Crippen LogP contribution in [0.5, 0.6) is 0 Å². The van der Waals surface area contributed by atoms with E-state index in [4.69, 9.17) is 9.47 Å². The van der Waals surface area contributed by atoms with E-state index in [1.165, 1.54) is 12.3 Å². The van der Waals surface area contributed by atoms with E-state index < -0.39 is 39.3 Å². The Morgan fingerprint density at radius 2 is 1.56 bits per heavy atom. The van der Waals surface area contributed by atoms with Crippen LogP contribution in [-0.2, 0) is 37.1 Å². The number of sulfone groups is 1. The maximum Gasteiger partial charge on any atom is 0.425 e. The number of carbonyl (C=O) groups excluding carboxylic acids is 3. The second kappa shape index (κ2) is 15.1. The highest BCUT2D eigenvalue weighted by Gasteiger charge is 2.34. The molecule has 0 aliphatic carbocycles. The molecule has 1 unspecified atom stereocenters. The Labute approximate surface area is 293 Å². The van der Waals surface area contributed by atoms with Gasteiger partial charge in [0, 0.05) is 30.1 Å². The molecule has 50 heavy (non-hydrogen) atoms. The van der Waals surface area contributed by atoms with Gasteiger partial charge in [-0.1, -0.05) is 48.5 Å². The molecule has 1 atom stereocenters. The predicted octanol–water partition coefficient (Wildman–Crippen LogP) is 7.51. The number of nitrogens with one attached hydrogen (secondary N) is 2. The summed E-state index contributed by atoms with van der Waals surface area (Å²) in [5, 5.41) is 7.29. The number of fused-ring (bicyclic) bond motifs is 1. The largest absolute Gasteiger partial charge is 0.443 e. The molecule has 4 aromatic rings. The van der Waals surface area contributed by atoms with Gasteiger partial charge in [0.15, 0.2) is 15.7 Å². The number of hydrogen-bond acceptors (Lipinski definition) is 9. The van der Waals surface area contributed by atoms with Crippen molar-refractivity contribution in [3.63, 3.8) is 0 Å². The molecule has 0 radical (unpaired) electrons. The van der Waals surface area contributed by atoms with Gasteiger partial charge >= 0.3 is 12.2 Å². The van der Waals surface area contributed by atoms with E-state index in [1.54, 1.807) is 90.1 Å². The van der Waals surface area contributed by atoms with Crippen molar-refractivity contribution in [2.24, 2.45) is 0 Å². The van der Waals surface area contributed by atoms with Crippen molar-refractivity contribution in [1.29, 1.82) is 0 Å². The second-order valence-electron chi connectivity index (χ2n) is 13.8. The summed E-state index contributed by atoms with van der Waals surface area (Å²) in [7, 11) is -3.52. The minimum atomic E-state index is -3.52. The molecule has 0 fully saturated rings. The molecule has 0 spiro atoms. The zero-order valence-corrected chi connectivity index (χ0v) is 30.3. The molecular weight excluding hydrogens is 657 g/mol. The normalized spacial score (nSPS) is 12.5. The summed E-state index contributed by atoms with van der Waals surface area (Å²) >= 11 is 0. The van der Waals surface area contributed by atoms with E-state index >= 15 is 0 Å². The number of allylic oxidation sites excluding steroid dienone is 1. The van der Waals surface area contributed by atoms with Crippen LogP contribution in [0.3, 0.4) is 0 Å². The molecule has 1 aromatic heterocycles. The topological polar surface area (TPSA) is 144 Å². The molecule has 0 saturated carbocycles. The van der Waals surface area contributed by atoms with Gasteiger partial charge in [0.05, 0.1) is 4.90 Å². The number of imide groups is 1. The minimum absolute atomic E-state index is 0.00940. The Kier molecular flexibility index (Phi) is 11.4. The van der Waals surface area contributed by atoms with E-state index in [2.05, 4.69) is 22.2 Å². The number of hydrogen-bond donors (Lipinski definition) is 2. The average Bonchev–Trinajstić information content (AvgIpc) is 3.01. The molecule has 0 aliphatic rings. The first-order valence-electron chi connectivity index (χ1n) is 16.0. The minimum Gasteiger partial charge on any atom is -0.443 e. The molecule has 0 bridgehead atoms. The Bertz CT molecular complexity index is 1990. The van der Waals surface area contributed by atoms with Crippen LogP contribution in [0.4, 0.5) is 21.1 Å². The van der Waals surface area contributed by atoms with Crippen LogP contribution in [0.1, 0.15) is 64.3 Å². The summed E-state index contributed by atoms with van der Waals surface area (Å²) < 4.78 is 35.8. The maximum atomic E-state index is 13.9. The molecule has 12 heteroatoms. The fourth-order valence-electron chi connectivity index (χ4n) is 5.12. The number of nitrogens with zero attached hydrogens (tertiary/aromatic N) is 2. The van der Waals surface area contributed by atoms with Gasteiger partial charge in [0.1, 0.15) is 17.2 Å². The molecule has 2 N–H and O–H groups in total. The molecule has 3 amide bonds. The zero-order valence-electron chi connectivity index (χ0n) is 29.4. The Morgan fingerprint density at radius 1 is 0.900 bits per heavy atom. The quantitative estimate of drug-likeness (QED) is 0.161. The van der Waals surface area contributed by atoms with Crippen LogP contribution >= 0.6 is 0 Å². The molecule has 264 valence electrons. The summed E-state index contributed by atoms with van der Waals surface area (Å²) in [5.74, 6) is -0.367. The van der Waals surface area contributed by atoms with Crippen LogP contribution in [0.2, 0.25) is 0 Å². The van der Waals surface area contributed by atoms with Gasteiger partial charge in [0.2, 0.25) is 5.91 Å². The zero-order chi connectivity index (χ0) is 36.9. The number of pyridine rings is 1. The smallest absolute Gasteiger partial charge is 0.425 e. The molecule has 0 aliphatic heterocycles. The van der Waals surface area contributed by atoms with Crippen molar-refractivity contribution in [2.75, 3.05) is 16.5 Å². The standard InChI is InChI=1S/C38H44N4O7S/c1-9-13-25-14-12-16-27(22-25)32(34(43)40-24-28-15-10-11-17-31(28)50(8,46)47)41-29-18-19-30-26(23-29)20-21-39-33(30)42(35(44)48-37(2,3)4)36(45)49-38(5,6)7/h9-12,14-23,32,41H,1,13,24H2,2-8H3,(H,40,43). The lowest BCUT2D eigenvalue weighted by Crippen LogP contribution is -2.44. The lowest BCUT2D eigenvalue weighted by molar-refractivity contribution is -0.122. The third kappa shape index (κ3) is 9.91. The monoisotopic (exact) mass is 700 g/mol. The Morgan fingerprint density at radius 3 is 2.18 bits per heavy atom. The first-order chi connectivity index (χ1) is 23.4. The Balaban J connectivity index is 1.72. The lowest BCUT2D eigenvalue weighted by Gasteiger charge is -2.28. The van der Waals surface area contributed by atoms with Crippen LogP contribution in [0.25, 0.3) is 10.8 Å². The number of carbonyl (C=O) groups is 3. The van der Waals surface area contributed by atoms with Crippen molar-refractivity contribution < 1.29 is 32.3 Å².